The molecule has 1 fully saturated rings. The number of anilines is 1. The number of nitrogens with zero attached hydrogens (tertiary/aromatic N) is 3. The minimum Gasteiger partial charge on any atom is -0.457 e. The number of hydrogen-bond donors (Lipinski definition) is 0. The van der Waals surface area contributed by atoms with Gasteiger partial charge < -0.3 is 4.74 Å². The number of nitriles is 1. The van der Waals surface area contributed by atoms with Gasteiger partial charge in [0, 0.05) is 17.1 Å². The molecule has 8 heteroatoms. The van der Waals surface area contributed by atoms with Crippen molar-refractivity contribution in [3.05, 3.63) is 76.9 Å². The predicted octanol–water partition coefficient (Wildman–Crippen LogP) is 5.13. The summed E-state index contributed by atoms with van der Waals surface area (Å²) in [4.78, 5) is 31.0. The van der Waals surface area contributed by atoms with E-state index in [1.807, 2.05) is 6.92 Å². The topological polar surface area (TPSA) is 83.3 Å². The molecule has 1 aliphatic heterocycles. The average Bonchev–Trinajstić information content (AvgIpc) is 3.03. The van der Waals surface area contributed by atoms with Gasteiger partial charge in [0.15, 0.2) is 0 Å². The minimum absolute atomic E-state index is 0.0486. The van der Waals surface area contributed by atoms with Crippen LogP contribution in [-0.4, -0.2) is 22.0 Å². The van der Waals surface area contributed by atoms with Gasteiger partial charge in [-0.3, -0.25) is 9.59 Å². The largest absolute Gasteiger partial charge is 0.457 e. The summed E-state index contributed by atoms with van der Waals surface area (Å²) in [5.74, 6) is 0.577. The number of carbonyl (C=O) groups excluding carboxylic acids is 2. The van der Waals surface area contributed by atoms with Crippen LogP contribution in [0.3, 0.4) is 0 Å². The number of benzene rings is 2. The summed E-state index contributed by atoms with van der Waals surface area (Å²) in [5.41, 5.74) is 1.60. The first-order chi connectivity index (χ1) is 14.9. The molecule has 0 spiro atoms. The van der Waals surface area contributed by atoms with Crippen LogP contribution >= 0.6 is 23.4 Å². The minimum atomic E-state index is -0.626. The fraction of sp³-hybridized carbons (Fsp3) is 0.130. The van der Waals surface area contributed by atoms with Gasteiger partial charge in [-0.15, -0.1) is 0 Å². The van der Waals surface area contributed by atoms with Crippen molar-refractivity contribution in [2.45, 2.75) is 23.6 Å². The van der Waals surface area contributed by atoms with Crippen LogP contribution in [0.4, 0.5) is 5.69 Å². The highest BCUT2D eigenvalue weighted by atomic mass is 35.5. The maximum absolute atomic E-state index is 12.9. The first-order valence-electron chi connectivity index (χ1n) is 9.39. The Hall–Kier alpha value is -3.34. The molecule has 1 aromatic heterocycles. The lowest BCUT2D eigenvalue weighted by Gasteiger charge is -2.16. The van der Waals surface area contributed by atoms with Crippen LogP contribution in [0.2, 0.25) is 5.02 Å². The van der Waals surface area contributed by atoms with E-state index in [-0.39, 0.29) is 18.2 Å². The molecule has 1 aliphatic rings. The third-order valence-corrected chi connectivity index (χ3v) is 6.06. The van der Waals surface area contributed by atoms with Crippen molar-refractivity contribution in [3.8, 4) is 17.6 Å². The quantitative estimate of drug-likeness (QED) is 0.502. The predicted molar refractivity (Wildman–Crippen MR) is 118 cm³/mol. The number of aromatic nitrogens is 1. The zero-order valence-electron chi connectivity index (χ0n) is 16.4. The first-order valence-corrected chi connectivity index (χ1v) is 10.6. The molecule has 31 heavy (non-hydrogen) atoms. The maximum atomic E-state index is 12.9. The molecular formula is C23H16ClN3O3S. The monoisotopic (exact) mass is 449 g/mol. The number of imide groups is 1. The Morgan fingerprint density at radius 1 is 1.06 bits per heavy atom. The Morgan fingerprint density at radius 3 is 2.35 bits per heavy atom. The number of halogens is 1. The van der Waals surface area contributed by atoms with Gasteiger partial charge in [0.1, 0.15) is 22.6 Å². The Labute approximate surface area is 188 Å². The number of hydrogen-bond acceptors (Lipinski definition) is 6. The summed E-state index contributed by atoms with van der Waals surface area (Å²) >= 11 is 7.03. The van der Waals surface area contributed by atoms with E-state index in [4.69, 9.17) is 16.3 Å². The number of thioether (sulfide) groups is 1. The van der Waals surface area contributed by atoms with E-state index >= 15 is 0 Å². The van der Waals surface area contributed by atoms with Crippen molar-refractivity contribution in [1.29, 1.82) is 5.26 Å². The van der Waals surface area contributed by atoms with Crippen molar-refractivity contribution >= 4 is 40.9 Å². The molecular weight excluding hydrogens is 434 g/mol. The maximum Gasteiger partial charge on any atom is 0.247 e. The molecule has 6 nitrogen and oxygen atoms in total. The van der Waals surface area contributed by atoms with Crippen molar-refractivity contribution in [1.82, 2.24) is 4.98 Å². The zero-order valence-corrected chi connectivity index (χ0v) is 18.0. The van der Waals surface area contributed by atoms with Crippen LogP contribution < -0.4 is 9.64 Å². The van der Waals surface area contributed by atoms with Gasteiger partial charge in [0.25, 0.3) is 0 Å². The number of amides is 2. The molecule has 0 bridgehead atoms. The zero-order chi connectivity index (χ0) is 22.0. The summed E-state index contributed by atoms with van der Waals surface area (Å²) < 4.78 is 5.75. The molecule has 0 radical (unpaired) electrons. The Kier molecular flexibility index (Phi) is 5.94. The smallest absolute Gasteiger partial charge is 0.247 e. The average molecular weight is 450 g/mol. The SMILES string of the molecule is Cc1ccc(C#N)c(SC2CC(=O)N(c3ccc(Oc4ccc(Cl)cc4)cc3)C2=O)n1. The normalized spacial score (nSPS) is 15.8. The summed E-state index contributed by atoms with van der Waals surface area (Å²) in [6.45, 7) is 1.81. The molecule has 2 heterocycles. The third-order valence-electron chi connectivity index (χ3n) is 4.62. The van der Waals surface area contributed by atoms with Gasteiger partial charge in [0.05, 0.1) is 16.5 Å². The highest BCUT2D eigenvalue weighted by Gasteiger charge is 2.40. The first kappa shape index (κ1) is 20.9. The van der Waals surface area contributed by atoms with E-state index in [0.29, 0.717) is 32.8 Å². The second kappa shape index (κ2) is 8.80. The third kappa shape index (κ3) is 4.55. The number of pyridine rings is 1. The Bertz CT molecular complexity index is 1190. The molecule has 1 saturated heterocycles. The van der Waals surface area contributed by atoms with Gasteiger partial charge in [0.2, 0.25) is 11.8 Å². The fourth-order valence-electron chi connectivity index (χ4n) is 3.11. The molecule has 0 N–H and O–H groups in total. The van der Waals surface area contributed by atoms with Crippen molar-refractivity contribution in [2.75, 3.05) is 4.90 Å². The lowest BCUT2D eigenvalue weighted by atomic mass is 10.2. The van der Waals surface area contributed by atoms with E-state index < -0.39 is 5.25 Å². The number of rotatable bonds is 5. The number of carbonyl (C=O) groups is 2. The summed E-state index contributed by atoms with van der Waals surface area (Å²) in [6.07, 6.45) is 0.0486. The van der Waals surface area contributed by atoms with Crippen LogP contribution in [-0.2, 0) is 9.59 Å². The Balaban J connectivity index is 1.49. The van der Waals surface area contributed by atoms with Crippen molar-refractivity contribution in [2.24, 2.45) is 0 Å². The van der Waals surface area contributed by atoms with Gasteiger partial charge in [-0.2, -0.15) is 5.26 Å². The van der Waals surface area contributed by atoms with E-state index in [0.717, 1.165) is 17.5 Å². The second-order valence-electron chi connectivity index (χ2n) is 6.85. The highest BCUT2D eigenvalue weighted by Crippen LogP contribution is 2.35. The summed E-state index contributed by atoms with van der Waals surface area (Å²) in [5, 5.41) is 9.74. The Morgan fingerprint density at radius 2 is 1.71 bits per heavy atom. The lowest BCUT2D eigenvalue weighted by molar-refractivity contribution is -0.121. The van der Waals surface area contributed by atoms with E-state index in [2.05, 4.69) is 11.1 Å². The fourth-order valence-corrected chi connectivity index (χ4v) is 4.38. The summed E-state index contributed by atoms with van der Waals surface area (Å²) in [6, 6.07) is 19.2. The van der Waals surface area contributed by atoms with Gasteiger partial charge >= 0.3 is 0 Å². The van der Waals surface area contributed by atoms with Crippen LogP contribution in [0.5, 0.6) is 11.5 Å². The van der Waals surface area contributed by atoms with E-state index in [9.17, 15) is 14.9 Å². The van der Waals surface area contributed by atoms with Gasteiger partial charge in [-0.1, -0.05) is 23.4 Å². The molecule has 1 atom stereocenters. The molecule has 0 saturated carbocycles. The van der Waals surface area contributed by atoms with E-state index in [1.165, 1.54) is 4.90 Å². The lowest BCUT2D eigenvalue weighted by Crippen LogP contribution is -2.31. The van der Waals surface area contributed by atoms with Crippen LogP contribution in [0.15, 0.2) is 65.7 Å². The molecule has 2 amide bonds. The van der Waals surface area contributed by atoms with Gasteiger partial charge in [-0.05, 0) is 67.6 Å². The molecule has 4 rings (SSSR count). The number of ether oxygens (including phenoxy) is 1. The van der Waals surface area contributed by atoms with E-state index in [1.54, 1.807) is 60.7 Å². The van der Waals surface area contributed by atoms with Crippen molar-refractivity contribution in [3.63, 3.8) is 0 Å². The van der Waals surface area contributed by atoms with Crippen LogP contribution in [0.1, 0.15) is 17.7 Å². The highest BCUT2D eigenvalue weighted by molar-refractivity contribution is 8.00. The molecule has 2 aromatic carbocycles. The molecule has 154 valence electrons. The second-order valence-corrected chi connectivity index (χ2v) is 8.47. The van der Waals surface area contributed by atoms with Crippen LogP contribution in [0, 0.1) is 18.3 Å². The molecule has 3 aromatic rings. The van der Waals surface area contributed by atoms with Crippen LogP contribution in [0.25, 0.3) is 0 Å². The van der Waals surface area contributed by atoms with Gasteiger partial charge in [-0.25, -0.2) is 9.88 Å². The molecule has 1 unspecified atom stereocenters. The number of aryl methyl sites for hydroxylation is 1. The molecule has 0 aliphatic carbocycles. The summed E-state index contributed by atoms with van der Waals surface area (Å²) in [7, 11) is 0. The van der Waals surface area contributed by atoms with Crippen molar-refractivity contribution < 1.29 is 14.3 Å². The standard InChI is InChI=1S/C23H16ClN3O3S/c1-14-2-3-15(13-25)22(26-14)31-20-12-21(28)27(23(20)29)17-6-10-19(11-7-17)30-18-8-4-16(24)5-9-18/h2-11,20H,12H2,1H3.